The van der Waals surface area contributed by atoms with Gasteiger partial charge in [-0.25, -0.2) is 0 Å². The third-order valence-corrected chi connectivity index (χ3v) is 0.881. The summed E-state index contributed by atoms with van der Waals surface area (Å²) < 4.78 is 0. The number of nitrogens with two attached hydrogens (primary N) is 1. The zero-order chi connectivity index (χ0) is 5.54. The first-order chi connectivity index (χ1) is 3.41. The van der Waals surface area contributed by atoms with Crippen LogP contribution in [0.3, 0.4) is 0 Å². The van der Waals surface area contributed by atoms with Gasteiger partial charge in [0.1, 0.15) is 0 Å². The molecule has 43 valence electrons. The quantitative estimate of drug-likeness (QED) is 0.512. The van der Waals surface area contributed by atoms with E-state index in [1.54, 1.807) is 0 Å². The van der Waals surface area contributed by atoms with Crippen LogP contribution in [0.1, 0.15) is 19.3 Å². The van der Waals surface area contributed by atoms with Gasteiger partial charge in [-0.15, -0.1) is 0 Å². The lowest BCUT2D eigenvalue weighted by atomic mass is 10.2. The summed E-state index contributed by atoms with van der Waals surface area (Å²) in [5, 5.41) is 0. The molecule has 0 atom stereocenters. The lowest BCUT2D eigenvalue weighted by molar-refractivity contribution is 0.688. The van der Waals surface area contributed by atoms with E-state index in [4.69, 9.17) is 11.5 Å². The third-order valence-electron chi connectivity index (χ3n) is 0.881. The van der Waals surface area contributed by atoms with E-state index in [0.717, 1.165) is 25.8 Å². The van der Waals surface area contributed by atoms with Gasteiger partial charge in [0.05, 0.1) is 0 Å². The van der Waals surface area contributed by atoms with Crippen LogP contribution < -0.4 is 11.5 Å². The van der Waals surface area contributed by atoms with Crippen LogP contribution in [0, 0.1) is 0 Å². The van der Waals surface area contributed by atoms with Gasteiger partial charge in [0, 0.05) is 6.54 Å². The topological polar surface area (TPSA) is 49.8 Å². The molecule has 0 rings (SSSR count). The van der Waals surface area contributed by atoms with E-state index < -0.39 is 0 Å². The van der Waals surface area contributed by atoms with Gasteiger partial charge in [0.25, 0.3) is 0 Å². The van der Waals surface area contributed by atoms with Crippen LogP contribution in [-0.2, 0) is 0 Å². The third kappa shape index (κ3) is 5.92. The van der Waals surface area contributed by atoms with Crippen molar-refractivity contribution >= 4 is 0 Å². The normalized spacial score (nSPS) is 9.43. The van der Waals surface area contributed by atoms with E-state index in [2.05, 4.69) is 0 Å². The number of unbranched alkanes of at least 4 members (excludes halogenated alkanes) is 2. The fourth-order valence-electron chi connectivity index (χ4n) is 0.446. The molecule has 0 unspecified atom stereocenters. The molecule has 3 N–H and O–H groups in total. The Morgan fingerprint density at radius 2 is 1.86 bits per heavy atom. The minimum Gasteiger partial charge on any atom is -0.330 e. The maximum atomic E-state index is 6.74. The standard InChI is InChI=1S/C5H13N2/c6-4-2-1-3-5-7/h6H,1-5,7H2. The Morgan fingerprint density at radius 3 is 2.29 bits per heavy atom. The summed E-state index contributed by atoms with van der Waals surface area (Å²) >= 11 is 0. The summed E-state index contributed by atoms with van der Waals surface area (Å²) in [5.41, 5.74) is 11.9. The Hall–Kier alpha value is -0.0800. The van der Waals surface area contributed by atoms with Crippen molar-refractivity contribution in [3.05, 3.63) is 0 Å². The van der Waals surface area contributed by atoms with Crippen molar-refractivity contribution in [1.82, 2.24) is 5.73 Å². The molecule has 7 heavy (non-hydrogen) atoms. The first-order valence-corrected chi connectivity index (χ1v) is 2.76. The van der Waals surface area contributed by atoms with E-state index in [-0.39, 0.29) is 0 Å². The van der Waals surface area contributed by atoms with Crippen molar-refractivity contribution in [2.24, 2.45) is 5.73 Å². The summed E-state index contributed by atoms with van der Waals surface area (Å²) in [6.45, 7) is 1.33. The Morgan fingerprint density at radius 1 is 1.14 bits per heavy atom. The maximum Gasteiger partial charge on any atom is 0.00997 e. The van der Waals surface area contributed by atoms with Crippen molar-refractivity contribution in [2.75, 3.05) is 13.1 Å². The number of hydrogen-bond acceptors (Lipinski definition) is 1. The molecule has 2 nitrogen and oxygen atoms in total. The van der Waals surface area contributed by atoms with Crippen LogP contribution in [-0.4, -0.2) is 13.1 Å². The Bertz CT molecular complexity index is 25.3. The monoisotopic (exact) mass is 101 g/mol. The van der Waals surface area contributed by atoms with Crippen LogP contribution in [0.15, 0.2) is 0 Å². The number of rotatable bonds is 4. The molecule has 0 saturated heterocycles. The van der Waals surface area contributed by atoms with Gasteiger partial charge in [0.2, 0.25) is 0 Å². The second kappa shape index (κ2) is 5.92. The van der Waals surface area contributed by atoms with Crippen LogP contribution >= 0.6 is 0 Å². The molecule has 0 aromatic rings. The van der Waals surface area contributed by atoms with E-state index >= 15 is 0 Å². The van der Waals surface area contributed by atoms with E-state index in [9.17, 15) is 0 Å². The van der Waals surface area contributed by atoms with Crippen molar-refractivity contribution < 1.29 is 0 Å². The SMILES string of the molecule is [NH]CCCCCN. The predicted octanol–water partition coefficient (Wildman–Crippen LogP) is 0.398. The molecule has 0 heterocycles. The van der Waals surface area contributed by atoms with E-state index in [1.165, 1.54) is 0 Å². The largest absolute Gasteiger partial charge is 0.330 e. The molecular formula is C5H13N2. The molecule has 0 saturated carbocycles. The molecule has 0 spiro atoms. The van der Waals surface area contributed by atoms with Gasteiger partial charge >= 0.3 is 0 Å². The highest BCUT2D eigenvalue weighted by atomic mass is 14.5. The number of nitrogens with one attached hydrogen (secondary N) is 1. The highest BCUT2D eigenvalue weighted by Crippen LogP contribution is 1.89. The smallest absolute Gasteiger partial charge is 0.00997 e. The van der Waals surface area contributed by atoms with Crippen LogP contribution in [0.5, 0.6) is 0 Å². The maximum absolute atomic E-state index is 6.74. The zero-order valence-electron chi connectivity index (χ0n) is 4.61. The molecule has 1 radical (unpaired) electrons. The molecule has 2 heteroatoms. The van der Waals surface area contributed by atoms with E-state index in [1.807, 2.05) is 0 Å². The summed E-state index contributed by atoms with van der Waals surface area (Å²) in [6.07, 6.45) is 3.22. The zero-order valence-corrected chi connectivity index (χ0v) is 4.61. The van der Waals surface area contributed by atoms with E-state index in [0.29, 0.717) is 6.54 Å². The average molecular weight is 101 g/mol. The molecule has 0 aliphatic heterocycles. The molecule has 0 aromatic carbocycles. The van der Waals surface area contributed by atoms with Gasteiger partial charge < -0.3 is 5.73 Å². The molecule has 0 bridgehead atoms. The van der Waals surface area contributed by atoms with Gasteiger partial charge in [-0.3, -0.25) is 5.73 Å². The summed E-state index contributed by atoms with van der Waals surface area (Å²) in [5.74, 6) is 0. The van der Waals surface area contributed by atoms with Crippen molar-refractivity contribution in [1.29, 1.82) is 0 Å². The minimum absolute atomic E-state index is 0.556. The second-order valence-electron chi connectivity index (χ2n) is 1.60. The summed E-state index contributed by atoms with van der Waals surface area (Å²) in [7, 11) is 0. The van der Waals surface area contributed by atoms with Crippen molar-refractivity contribution in [3.8, 4) is 0 Å². The molecule has 0 aliphatic rings. The first-order valence-electron chi connectivity index (χ1n) is 2.76. The highest BCUT2D eigenvalue weighted by Gasteiger charge is 1.80. The fourth-order valence-corrected chi connectivity index (χ4v) is 0.446. The van der Waals surface area contributed by atoms with Gasteiger partial charge in [0.15, 0.2) is 0 Å². The lowest BCUT2D eigenvalue weighted by Crippen LogP contribution is -1.98. The first kappa shape index (κ1) is 6.92. The van der Waals surface area contributed by atoms with Crippen LogP contribution in [0.25, 0.3) is 0 Å². The van der Waals surface area contributed by atoms with Crippen molar-refractivity contribution in [3.63, 3.8) is 0 Å². The Kier molecular flexibility index (Phi) is 5.85. The predicted molar refractivity (Wildman–Crippen MR) is 30.9 cm³/mol. The average Bonchev–Trinajstić information content (AvgIpc) is 1.69. The second-order valence-corrected chi connectivity index (χ2v) is 1.60. The molecule has 0 fully saturated rings. The van der Waals surface area contributed by atoms with Crippen LogP contribution in [0.2, 0.25) is 0 Å². The molecular weight excluding hydrogens is 88.1 g/mol. The highest BCUT2D eigenvalue weighted by molar-refractivity contribution is 4.40. The van der Waals surface area contributed by atoms with Crippen LogP contribution in [0.4, 0.5) is 0 Å². The Labute approximate surface area is 44.9 Å². The summed E-state index contributed by atoms with van der Waals surface area (Å²) in [4.78, 5) is 0. The Balaban J connectivity index is 2.45. The number of hydrogen-bond donors (Lipinski definition) is 1. The minimum atomic E-state index is 0.556. The lowest BCUT2D eigenvalue weighted by Gasteiger charge is -1.90. The molecule has 0 amide bonds. The summed E-state index contributed by atoms with van der Waals surface area (Å²) in [6, 6.07) is 0. The van der Waals surface area contributed by atoms with Gasteiger partial charge in [-0.05, 0) is 19.4 Å². The molecule has 0 aromatic heterocycles. The van der Waals surface area contributed by atoms with Crippen molar-refractivity contribution in [2.45, 2.75) is 19.3 Å². The van der Waals surface area contributed by atoms with Gasteiger partial charge in [-0.1, -0.05) is 6.42 Å². The fraction of sp³-hybridized carbons (Fsp3) is 1.00. The molecule has 0 aliphatic carbocycles. The van der Waals surface area contributed by atoms with Gasteiger partial charge in [-0.2, -0.15) is 0 Å².